The lowest BCUT2D eigenvalue weighted by Gasteiger charge is -2.15. The molecule has 0 bridgehead atoms. The molecule has 2 aromatic rings. The zero-order valence-corrected chi connectivity index (χ0v) is 12.0. The zero-order valence-electron chi connectivity index (χ0n) is 11.3. The first-order valence-corrected chi connectivity index (χ1v) is 6.96. The summed E-state index contributed by atoms with van der Waals surface area (Å²) in [5.41, 5.74) is 10.3. The summed E-state index contributed by atoms with van der Waals surface area (Å²) < 4.78 is 1.67. The number of nitrogens with zero attached hydrogens (tertiary/aromatic N) is 4. The Morgan fingerprint density at radius 2 is 2.05 bits per heavy atom. The molecule has 3 N–H and O–H groups in total. The summed E-state index contributed by atoms with van der Waals surface area (Å²) in [6, 6.07) is 0. The number of halogens is 1. The highest BCUT2D eigenvalue weighted by atomic mass is 35.5. The number of nitrogens with one attached hydrogen (secondary N) is 1. The van der Waals surface area contributed by atoms with Crippen LogP contribution >= 0.6 is 11.6 Å². The van der Waals surface area contributed by atoms with Gasteiger partial charge in [0.2, 0.25) is 5.65 Å². The fraction of sp³-hybridized carbons (Fsp3) is 0.583. The SMILES string of the molecule is Cc1c(NCCCCCCl)c(N)c2nnnn2c1C. The number of aromatic nitrogens is 4. The largest absolute Gasteiger partial charge is 0.394 e. The maximum absolute atomic E-state index is 6.13. The van der Waals surface area contributed by atoms with Crippen LogP contribution in [0.25, 0.3) is 5.65 Å². The van der Waals surface area contributed by atoms with E-state index in [1.165, 1.54) is 0 Å². The second-order valence-corrected chi connectivity index (χ2v) is 4.97. The number of hydrogen-bond donors (Lipinski definition) is 2. The Balaban J connectivity index is 2.18. The monoisotopic (exact) mass is 282 g/mol. The van der Waals surface area contributed by atoms with E-state index >= 15 is 0 Å². The quantitative estimate of drug-likeness (QED) is 0.627. The molecule has 0 saturated carbocycles. The number of aryl methyl sites for hydroxylation is 1. The highest BCUT2D eigenvalue weighted by Gasteiger charge is 2.14. The van der Waals surface area contributed by atoms with Crippen molar-refractivity contribution in [2.24, 2.45) is 0 Å². The molecular weight excluding hydrogens is 264 g/mol. The summed E-state index contributed by atoms with van der Waals surface area (Å²) in [4.78, 5) is 0. The molecule has 2 heterocycles. The second-order valence-electron chi connectivity index (χ2n) is 4.59. The van der Waals surface area contributed by atoms with Crippen molar-refractivity contribution in [1.29, 1.82) is 0 Å². The Morgan fingerprint density at radius 3 is 2.79 bits per heavy atom. The van der Waals surface area contributed by atoms with Crippen LogP contribution < -0.4 is 11.1 Å². The number of hydrogen-bond acceptors (Lipinski definition) is 5. The van der Waals surface area contributed by atoms with Crippen molar-refractivity contribution in [3.8, 4) is 0 Å². The van der Waals surface area contributed by atoms with Crippen LogP contribution in [-0.2, 0) is 0 Å². The van der Waals surface area contributed by atoms with Crippen molar-refractivity contribution < 1.29 is 0 Å². The minimum Gasteiger partial charge on any atom is -0.394 e. The number of rotatable bonds is 6. The number of alkyl halides is 1. The molecule has 0 radical (unpaired) electrons. The van der Waals surface area contributed by atoms with Gasteiger partial charge in [0.1, 0.15) is 5.69 Å². The Hall–Kier alpha value is -1.56. The smallest absolute Gasteiger partial charge is 0.204 e. The van der Waals surface area contributed by atoms with Crippen LogP contribution in [0, 0.1) is 13.8 Å². The van der Waals surface area contributed by atoms with Crippen LogP contribution in [0.4, 0.5) is 11.4 Å². The van der Waals surface area contributed by atoms with Crippen molar-refractivity contribution in [1.82, 2.24) is 20.0 Å². The number of tetrazole rings is 1. The van der Waals surface area contributed by atoms with E-state index in [1.54, 1.807) is 4.52 Å². The molecule has 19 heavy (non-hydrogen) atoms. The molecule has 0 aliphatic rings. The third kappa shape index (κ3) is 2.73. The van der Waals surface area contributed by atoms with Crippen LogP contribution in [0.15, 0.2) is 0 Å². The number of pyridine rings is 1. The predicted octanol–water partition coefficient (Wildman–Crippen LogP) is 2.14. The molecule has 6 nitrogen and oxygen atoms in total. The molecule has 0 amide bonds. The molecule has 0 atom stereocenters. The van der Waals surface area contributed by atoms with Gasteiger partial charge in [-0.25, -0.2) is 0 Å². The second kappa shape index (κ2) is 6.06. The molecule has 0 spiro atoms. The fourth-order valence-corrected chi connectivity index (χ4v) is 2.26. The van der Waals surface area contributed by atoms with Crippen molar-refractivity contribution in [3.05, 3.63) is 11.3 Å². The molecular formula is C12H19ClN6. The molecule has 0 aliphatic carbocycles. The topological polar surface area (TPSA) is 81.1 Å². The zero-order chi connectivity index (χ0) is 13.8. The number of nitrogen functional groups attached to an aromatic ring is 1. The van der Waals surface area contributed by atoms with E-state index in [-0.39, 0.29) is 0 Å². The van der Waals surface area contributed by atoms with E-state index in [1.807, 2.05) is 13.8 Å². The van der Waals surface area contributed by atoms with Crippen LogP contribution in [0.2, 0.25) is 0 Å². The molecule has 7 heteroatoms. The van der Waals surface area contributed by atoms with Crippen molar-refractivity contribution >= 4 is 28.6 Å². The minimum atomic E-state index is 0.602. The summed E-state index contributed by atoms with van der Waals surface area (Å²) in [5, 5.41) is 14.9. The van der Waals surface area contributed by atoms with E-state index in [0.717, 1.165) is 48.6 Å². The third-order valence-electron chi connectivity index (χ3n) is 3.33. The molecule has 0 fully saturated rings. The molecule has 2 rings (SSSR count). The summed E-state index contributed by atoms with van der Waals surface area (Å²) in [5.74, 6) is 0.720. The summed E-state index contributed by atoms with van der Waals surface area (Å²) in [6.07, 6.45) is 3.23. The maximum atomic E-state index is 6.13. The third-order valence-corrected chi connectivity index (χ3v) is 3.59. The summed E-state index contributed by atoms with van der Waals surface area (Å²) >= 11 is 5.66. The lowest BCUT2D eigenvalue weighted by molar-refractivity contribution is 0.746. The average molecular weight is 283 g/mol. The van der Waals surface area contributed by atoms with Crippen LogP contribution in [-0.4, -0.2) is 32.5 Å². The van der Waals surface area contributed by atoms with Crippen LogP contribution in [0.3, 0.4) is 0 Å². The summed E-state index contributed by atoms with van der Waals surface area (Å²) in [6.45, 7) is 4.88. The van der Waals surface area contributed by atoms with Crippen molar-refractivity contribution in [2.45, 2.75) is 33.1 Å². The number of nitrogens with two attached hydrogens (primary N) is 1. The normalized spacial score (nSPS) is 11.1. The first-order valence-electron chi connectivity index (χ1n) is 6.43. The molecule has 104 valence electrons. The number of anilines is 2. The Labute approximate surface area is 117 Å². The predicted molar refractivity (Wildman–Crippen MR) is 77.7 cm³/mol. The Kier molecular flexibility index (Phi) is 4.42. The fourth-order valence-electron chi connectivity index (χ4n) is 2.07. The lowest BCUT2D eigenvalue weighted by atomic mass is 10.1. The van der Waals surface area contributed by atoms with Crippen molar-refractivity contribution in [3.63, 3.8) is 0 Å². The summed E-state index contributed by atoms with van der Waals surface area (Å²) in [7, 11) is 0. The Morgan fingerprint density at radius 1 is 1.26 bits per heavy atom. The average Bonchev–Trinajstić information content (AvgIpc) is 2.89. The highest BCUT2D eigenvalue weighted by molar-refractivity contribution is 6.17. The van der Waals surface area contributed by atoms with Gasteiger partial charge in [0.15, 0.2) is 0 Å². The van der Waals surface area contributed by atoms with Gasteiger partial charge in [0.05, 0.1) is 5.69 Å². The lowest BCUT2D eigenvalue weighted by Crippen LogP contribution is -2.10. The number of unbranched alkanes of at least 4 members (excludes halogenated alkanes) is 2. The van der Waals surface area contributed by atoms with E-state index in [4.69, 9.17) is 17.3 Å². The van der Waals surface area contributed by atoms with Gasteiger partial charge in [-0.2, -0.15) is 4.52 Å². The molecule has 0 aromatic carbocycles. The minimum absolute atomic E-state index is 0.602. The molecule has 0 saturated heterocycles. The van der Waals surface area contributed by atoms with Gasteiger partial charge in [-0.1, -0.05) is 6.42 Å². The maximum Gasteiger partial charge on any atom is 0.204 e. The van der Waals surface area contributed by atoms with E-state index in [0.29, 0.717) is 11.3 Å². The van der Waals surface area contributed by atoms with Crippen LogP contribution in [0.5, 0.6) is 0 Å². The molecule has 0 aliphatic heterocycles. The van der Waals surface area contributed by atoms with Gasteiger partial charge >= 0.3 is 0 Å². The Bertz CT molecular complexity index is 565. The first-order chi connectivity index (χ1) is 9.16. The van der Waals surface area contributed by atoms with Gasteiger partial charge in [-0.05, 0) is 42.7 Å². The van der Waals surface area contributed by atoms with Gasteiger partial charge in [-0.15, -0.1) is 16.7 Å². The van der Waals surface area contributed by atoms with Crippen LogP contribution in [0.1, 0.15) is 30.5 Å². The highest BCUT2D eigenvalue weighted by Crippen LogP contribution is 2.28. The van der Waals surface area contributed by atoms with E-state index in [2.05, 4.69) is 20.8 Å². The standard InChI is InChI=1S/C12H19ClN6/c1-8-9(2)19-12(16-17-18-19)10(14)11(8)15-7-5-3-4-6-13/h15H,3-7,14H2,1-2H3. The van der Waals surface area contributed by atoms with Gasteiger partial charge < -0.3 is 11.1 Å². The van der Waals surface area contributed by atoms with Crippen molar-refractivity contribution in [2.75, 3.05) is 23.5 Å². The van der Waals surface area contributed by atoms with Gasteiger partial charge in [-0.3, -0.25) is 0 Å². The van der Waals surface area contributed by atoms with E-state index in [9.17, 15) is 0 Å². The van der Waals surface area contributed by atoms with Gasteiger partial charge in [0, 0.05) is 18.1 Å². The molecule has 0 unspecified atom stereocenters. The molecule has 2 aromatic heterocycles. The number of fused-ring (bicyclic) bond motifs is 1. The van der Waals surface area contributed by atoms with E-state index < -0.39 is 0 Å². The first kappa shape index (κ1) is 13.9. The van der Waals surface area contributed by atoms with Gasteiger partial charge in [0.25, 0.3) is 0 Å².